The Morgan fingerprint density at radius 3 is 2.17 bits per heavy atom. The van der Waals surface area contributed by atoms with Crippen LogP contribution in [-0.4, -0.2) is 26.8 Å². The monoisotopic (exact) mass is 253 g/mol. The first-order chi connectivity index (χ1) is 8.08. The third-order valence-corrected chi connectivity index (χ3v) is 3.24. The second kappa shape index (κ2) is 4.49. The highest BCUT2D eigenvalue weighted by molar-refractivity contribution is 5.80. The summed E-state index contributed by atoms with van der Waals surface area (Å²) in [7, 11) is 0. The molecule has 5 nitrogen and oxygen atoms in total. The summed E-state index contributed by atoms with van der Waals surface area (Å²) in [5.74, 6) is -1.62. The van der Waals surface area contributed by atoms with E-state index in [0.29, 0.717) is 5.56 Å². The number of carboxylic acids is 1. The van der Waals surface area contributed by atoms with Crippen molar-refractivity contribution in [2.75, 3.05) is 0 Å². The summed E-state index contributed by atoms with van der Waals surface area (Å²) in [6.07, 6.45) is 0.0691. The van der Waals surface area contributed by atoms with Crippen LogP contribution in [0.15, 0.2) is 18.2 Å². The van der Waals surface area contributed by atoms with Crippen LogP contribution < -0.4 is 5.73 Å². The zero-order valence-corrected chi connectivity index (χ0v) is 10.8. The Balaban J connectivity index is 3.12. The third-order valence-electron chi connectivity index (χ3n) is 3.24. The Morgan fingerprint density at radius 2 is 1.78 bits per heavy atom. The topological polar surface area (TPSA) is 104 Å². The van der Waals surface area contributed by atoms with E-state index in [0.717, 1.165) is 0 Å². The first-order valence-corrected chi connectivity index (χ1v) is 5.61. The molecule has 0 aliphatic heterocycles. The van der Waals surface area contributed by atoms with E-state index in [4.69, 9.17) is 5.73 Å². The maximum Gasteiger partial charge on any atom is 0.324 e. The quantitative estimate of drug-likeness (QED) is 0.611. The second-order valence-electron chi connectivity index (χ2n) is 5.53. The Hall–Kier alpha value is -1.75. The molecule has 0 unspecified atom stereocenters. The highest BCUT2D eigenvalue weighted by Crippen LogP contribution is 2.33. The van der Waals surface area contributed by atoms with Gasteiger partial charge in [-0.15, -0.1) is 0 Å². The molecule has 1 aromatic carbocycles. The second-order valence-corrected chi connectivity index (χ2v) is 5.53. The molecular weight excluding hydrogens is 234 g/mol. The van der Waals surface area contributed by atoms with Crippen LogP contribution in [0.5, 0.6) is 11.5 Å². The molecular formula is C13H19NO4. The van der Waals surface area contributed by atoms with Gasteiger partial charge in [0.1, 0.15) is 5.54 Å². The minimum Gasteiger partial charge on any atom is -0.504 e. The van der Waals surface area contributed by atoms with Gasteiger partial charge in [0.05, 0.1) is 0 Å². The SMILES string of the molecule is CC(C)(C)[C@](N)(Cc1ccc(O)c(O)c1)C(=O)O. The van der Waals surface area contributed by atoms with Crippen molar-refractivity contribution < 1.29 is 20.1 Å². The first kappa shape index (κ1) is 14.3. The number of carboxylic acid groups (broad SMARTS) is 1. The molecule has 100 valence electrons. The fourth-order valence-corrected chi connectivity index (χ4v) is 1.66. The molecule has 5 N–H and O–H groups in total. The largest absolute Gasteiger partial charge is 0.504 e. The van der Waals surface area contributed by atoms with Crippen molar-refractivity contribution in [2.45, 2.75) is 32.7 Å². The van der Waals surface area contributed by atoms with E-state index >= 15 is 0 Å². The van der Waals surface area contributed by atoms with Gasteiger partial charge in [0.2, 0.25) is 0 Å². The van der Waals surface area contributed by atoms with Gasteiger partial charge < -0.3 is 21.1 Å². The molecule has 0 saturated carbocycles. The lowest BCUT2D eigenvalue weighted by Gasteiger charge is -2.37. The number of rotatable bonds is 3. The van der Waals surface area contributed by atoms with E-state index < -0.39 is 16.9 Å². The van der Waals surface area contributed by atoms with Crippen LogP contribution in [0.3, 0.4) is 0 Å². The van der Waals surface area contributed by atoms with Crippen LogP contribution in [-0.2, 0) is 11.2 Å². The molecule has 1 atom stereocenters. The van der Waals surface area contributed by atoms with Crippen molar-refractivity contribution in [3.63, 3.8) is 0 Å². The number of benzene rings is 1. The molecule has 0 aliphatic carbocycles. The summed E-state index contributed by atoms with van der Waals surface area (Å²) >= 11 is 0. The van der Waals surface area contributed by atoms with Crippen LogP contribution in [0.25, 0.3) is 0 Å². The van der Waals surface area contributed by atoms with Crippen molar-refractivity contribution in [2.24, 2.45) is 11.1 Å². The molecule has 5 heteroatoms. The Kier molecular flexibility index (Phi) is 3.57. The molecule has 0 heterocycles. The van der Waals surface area contributed by atoms with Gasteiger partial charge in [-0.1, -0.05) is 26.8 Å². The lowest BCUT2D eigenvalue weighted by atomic mass is 9.71. The molecule has 0 radical (unpaired) electrons. The molecule has 18 heavy (non-hydrogen) atoms. The molecule has 1 rings (SSSR count). The number of aromatic hydroxyl groups is 2. The van der Waals surface area contributed by atoms with Gasteiger partial charge in [-0.25, -0.2) is 0 Å². The number of phenolic OH excluding ortho intramolecular Hbond substituents is 2. The van der Waals surface area contributed by atoms with Gasteiger partial charge in [0, 0.05) is 6.42 Å². The molecule has 0 spiro atoms. The van der Waals surface area contributed by atoms with E-state index in [1.807, 2.05) is 0 Å². The lowest BCUT2D eigenvalue weighted by molar-refractivity contribution is -0.147. The van der Waals surface area contributed by atoms with Crippen LogP contribution in [0.1, 0.15) is 26.3 Å². The number of nitrogens with two attached hydrogens (primary N) is 1. The van der Waals surface area contributed by atoms with E-state index in [1.165, 1.54) is 12.1 Å². The highest BCUT2D eigenvalue weighted by Gasteiger charge is 2.45. The van der Waals surface area contributed by atoms with Gasteiger partial charge in [-0.2, -0.15) is 0 Å². The Labute approximate surface area is 106 Å². The molecule has 0 aliphatic rings. The van der Waals surface area contributed by atoms with E-state index in [9.17, 15) is 20.1 Å². The van der Waals surface area contributed by atoms with Crippen LogP contribution >= 0.6 is 0 Å². The standard InChI is InChI=1S/C13H19NO4/c1-12(2,3)13(14,11(17)18)7-8-4-5-9(15)10(16)6-8/h4-6,15-16H,7,14H2,1-3H3,(H,17,18)/t13-/m0/s1. The summed E-state index contributed by atoms with van der Waals surface area (Å²) in [6, 6.07) is 4.19. The molecule has 0 aromatic heterocycles. The number of hydrogen-bond donors (Lipinski definition) is 4. The van der Waals surface area contributed by atoms with Crippen molar-refractivity contribution in [1.82, 2.24) is 0 Å². The van der Waals surface area contributed by atoms with Crippen LogP contribution in [0.4, 0.5) is 0 Å². The minimum atomic E-state index is -1.45. The Bertz CT molecular complexity index is 465. The molecule has 0 amide bonds. The fraction of sp³-hybridized carbons (Fsp3) is 0.462. The number of carbonyl (C=O) groups is 1. The van der Waals surface area contributed by atoms with Gasteiger partial charge in [-0.3, -0.25) is 4.79 Å². The summed E-state index contributed by atoms with van der Waals surface area (Å²) < 4.78 is 0. The summed E-state index contributed by atoms with van der Waals surface area (Å²) in [4.78, 5) is 11.4. The number of aliphatic carboxylic acids is 1. The number of phenols is 2. The number of hydrogen-bond acceptors (Lipinski definition) is 4. The Morgan fingerprint density at radius 1 is 1.22 bits per heavy atom. The van der Waals surface area contributed by atoms with Crippen molar-refractivity contribution in [1.29, 1.82) is 0 Å². The first-order valence-electron chi connectivity index (χ1n) is 5.61. The van der Waals surface area contributed by atoms with Gasteiger partial charge in [0.25, 0.3) is 0 Å². The average molecular weight is 253 g/mol. The fourth-order valence-electron chi connectivity index (χ4n) is 1.66. The normalized spacial score (nSPS) is 15.1. The van der Waals surface area contributed by atoms with Crippen molar-refractivity contribution in [3.8, 4) is 11.5 Å². The summed E-state index contributed by atoms with van der Waals surface area (Å²) in [5, 5.41) is 27.9. The maximum atomic E-state index is 11.4. The van der Waals surface area contributed by atoms with Crippen molar-refractivity contribution in [3.05, 3.63) is 23.8 Å². The molecule has 1 aromatic rings. The predicted octanol–water partition coefficient (Wildman–Crippen LogP) is 1.47. The van der Waals surface area contributed by atoms with E-state index in [1.54, 1.807) is 26.8 Å². The zero-order chi connectivity index (χ0) is 14.1. The van der Waals surface area contributed by atoms with Gasteiger partial charge in [-0.05, 0) is 23.1 Å². The maximum absolute atomic E-state index is 11.4. The van der Waals surface area contributed by atoms with Crippen molar-refractivity contribution >= 4 is 5.97 Å². The van der Waals surface area contributed by atoms with Crippen LogP contribution in [0, 0.1) is 5.41 Å². The van der Waals surface area contributed by atoms with Crippen LogP contribution in [0.2, 0.25) is 0 Å². The molecule has 0 saturated heterocycles. The summed E-state index contributed by atoms with van der Waals surface area (Å²) in [6.45, 7) is 5.25. The molecule has 0 fully saturated rings. The zero-order valence-electron chi connectivity index (χ0n) is 10.8. The minimum absolute atomic E-state index is 0.0691. The van der Waals surface area contributed by atoms with E-state index in [-0.39, 0.29) is 17.9 Å². The predicted molar refractivity (Wildman–Crippen MR) is 67.5 cm³/mol. The lowest BCUT2D eigenvalue weighted by Crippen LogP contribution is -2.59. The smallest absolute Gasteiger partial charge is 0.324 e. The van der Waals surface area contributed by atoms with Gasteiger partial charge >= 0.3 is 5.97 Å². The third kappa shape index (κ3) is 2.56. The molecule has 0 bridgehead atoms. The van der Waals surface area contributed by atoms with Gasteiger partial charge in [0.15, 0.2) is 11.5 Å². The highest BCUT2D eigenvalue weighted by atomic mass is 16.4. The summed E-state index contributed by atoms with van der Waals surface area (Å²) in [5.41, 5.74) is 4.46. The average Bonchev–Trinajstić information content (AvgIpc) is 2.21. The van der Waals surface area contributed by atoms with E-state index in [2.05, 4.69) is 0 Å².